The van der Waals surface area contributed by atoms with Gasteiger partial charge in [-0.15, -0.1) is 0 Å². The Bertz CT molecular complexity index is 1370. The third kappa shape index (κ3) is 3.19. The second kappa shape index (κ2) is 7.88. The SMILES string of the molecule is Cn1ccnc1CNC(=O)C1(S(=O)(=O)c2ccccc2)C(C(=O)O)=Nc2ccc(Cl)cc21. The Morgan fingerprint density at radius 1 is 1.19 bits per heavy atom. The molecule has 0 fully saturated rings. The number of nitrogens with zero attached hydrogens (tertiary/aromatic N) is 3. The van der Waals surface area contributed by atoms with Crippen LogP contribution < -0.4 is 5.32 Å². The topological polar surface area (TPSA) is 131 Å². The highest BCUT2D eigenvalue weighted by Crippen LogP contribution is 2.48. The molecule has 1 aliphatic rings. The van der Waals surface area contributed by atoms with Crippen molar-refractivity contribution in [1.29, 1.82) is 0 Å². The van der Waals surface area contributed by atoms with Crippen LogP contribution in [0.1, 0.15) is 11.4 Å². The summed E-state index contributed by atoms with van der Waals surface area (Å²) in [6.07, 6.45) is 3.18. The first kappa shape index (κ1) is 21.7. The molecule has 32 heavy (non-hydrogen) atoms. The number of benzene rings is 2. The van der Waals surface area contributed by atoms with Crippen molar-refractivity contribution >= 4 is 44.7 Å². The molecule has 1 aliphatic heterocycles. The summed E-state index contributed by atoms with van der Waals surface area (Å²) in [5.74, 6) is -2.25. The van der Waals surface area contributed by atoms with Gasteiger partial charge >= 0.3 is 5.97 Å². The number of carbonyl (C=O) groups excluding carboxylic acids is 1. The number of rotatable bonds is 6. The molecular weight excluding hydrogens is 456 g/mol. The van der Waals surface area contributed by atoms with Gasteiger partial charge in [-0.25, -0.2) is 23.2 Å². The Morgan fingerprint density at radius 3 is 2.53 bits per heavy atom. The van der Waals surface area contributed by atoms with Crippen LogP contribution in [-0.4, -0.2) is 40.7 Å². The molecule has 1 atom stereocenters. The summed E-state index contributed by atoms with van der Waals surface area (Å²) in [7, 11) is -2.93. The number of imidazole rings is 1. The largest absolute Gasteiger partial charge is 0.477 e. The van der Waals surface area contributed by atoms with Gasteiger partial charge in [0.25, 0.3) is 5.91 Å². The molecule has 11 heteroatoms. The molecule has 0 spiro atoms. The highest BCUT2D eigenvalue weighted by atomic mass is 35.5. The molecule has 9 nitrogen and oxygen atoms in total. The first-order valence-corrected chi connectivity index (χ1v) is 11.2. The third-order valence-corrected chi connectivity index (χ3v) is 7.74. The summed E-state index contributed by atoms with van der Waals surface area (Å²) in [5.41, 5.74) is -0.905. The number of aromatic nitrogens is 2. The van der Waals surface area contributed by atoms with Gasteiger partial charge in [0.05, 0.1) is 17.1 Å². The number of aryl methyl sites for hydroxylation is 1. The average Bonchev–Trinajstić information content (AvgIpc) is 3.34. The van der Waals surface area contributed by atoms with Crippen molar-refractivity contribution in [3.8, 4) is 0 Å². The molecule has 0 saturated carbocycles. The summed E-state index contributed by atoms with van der Waals surface area (Å²) in [6, 6.07) is 11.3. The van der Waals surface area contributed by atoms with Gasteiger partial charge in [0.1, 0.15) is 5.82 Å². The van der Waals surface area contributed by atoms with Crippen molar-refractivity contribution in [3.63, 3.8) is 0 Å². The quantitative estimate of drug-likeness (QED) is 0.565. The van der Waals surface area contributed by atoms with Gasteiger partial charge in [-0.1, -0.05) is 29.8 Å². The molecule has 0 saturated heterocycles. The van der Waals surface area contributed by atoms with Crippen LogP contribution in [0.4, 0.5) is 5.69 Å². The molecule has 1 amide bonds. The maximum absolute atomic E-state index is 13.9. The van der Waals surface area contributed by atoms with Crippen molar-refractivity contribution in [2.24, 2.45) is 12.0 Å². The number of hydrogen-bond acceptors (Lipinski definition) is 6. The summed E-state index contributed by atoms with van der Waals surface area (Å²) < 4.78 is 26.9. The number of carboxylic acid groups (broad SMARTS) is 1. The number of aliphatic imine (C=N–C) groups is 1. The van der Waals surface area contributed by atoms with Gasteiger partial charge in [-0.3, -0.25) is 4.79 Å². The maximum atomic E-state index is 13.9. The molecule has 0 aliphatic carbocycles. The van der Waals surface area contributed by atoms with E-state index in [1.54, 1.807) is 23.9 Å². The number of aliphatic carboxylic acids is 1. The van der Waals surface area contributed by atoms with E-state index in [0.29, 0.717) is 5.82 Å². The van der Waals surface area contributed by atoms with Crippen LogP contribution in [0.15, 0.2) is 70.8 Å². The standard InChI is InChI=1S/C21H17ClN4O5S/c1-26-10-9-23-17(26)12-24-20(29)21(32(30,31)14-5-3-2-4-6-14)15-11-13(22)7-8-16(15)25-18(21)19(27)28/h2-11H,12H2,1H3,(H,24,29)(H,27,28). The van der Waals surface area contributed by atoms with Crippen LogP contribution in [0, 0.1) is 0 Å². The lowest BCUT2D eigenvalue weighted by Gasteiger charge is -2.29. The van der Waals surface area contributed by atoms with Gasteiger partial charge < -0.3 is 15.0 Å². The number of amides is 1. The molecule has 0 radical (unpaired) electrons. The molecule has 1 unspecified atom stereocenters. The molecule has 0 bridgehead atoms. The molecule has 1 aromatic heterocycles. The number of nitrogens with one attached hydrogen (secondary N) is 1. The average molecular weight is 473 g/mol. The smallest absolute Gasteiger partial charge is 0.352 e. The van der Waals surface area contributed by atoms with Crippen molar-refractivity contribution < 1.29 is 23.1 Å². The Labute approximate surface area is 188 Å². The zero-order valence-electron chi connectivity index (χ0n) is 16.7. The van der Waals surface area contributed by atoms with E-state index < -0.39 is 32.2 Å². The lowest BCUT2D eigenvalue weighted by molar-refractivity contribution is -0.131. The van der Waals surface area contributed by atoms with Gasteiger partial charge in [-0.2, -0.15) is 0 Å². The highest BCUT2D eigenvalue weighted by molar-refractivity contribution is 7.94. The predicted molar refractivity (Wildman–Crippen MR) is 117 cm³/mol. The fraction of sp³-hybridized carbons (Fsp3) is 0.143. The van der Waals surface area contributed by atoms with Crippen LogP contribution in [0.25, 0.3) is 0 Å². The van der Waals surface area contributed by atoms with Gasteiger partial charge in [0.2, 0.25) is 14.6 Å². The van der Waals surface area contributed by atoms with E-state index in [9.17, 15) is 23.1 Å². The molecule has 4 rings (SSSR count). The molecular formula is C21H17ClN4O5S. The normalized spacial score (nSPS) is 17.5. The van der Waals surface area contributed by atoms with Crippen molar-refractivity contribution in [1.82, 2.24) is 14.9 Å². The second-order valence-corrected chi connectivity index (χ2v) is 9.59. The number of carbonyl (C=O) groups is 2. The summed E-state index contributed by atoms with van der Waals surface area (Å²) in [4.78, 5) is 33.8. The minimum atomic E-state index is -4.63. The Balaban J connectivity index is 1.96. The number of carboxylic acids is 1. The van der Waals surface area contributed by atoms with Crippen LogP contribution in [0.2, 0.25) is 5.02 Å². The summed E-state index contributed by atoms with van der Waals surface area (Å²) in [5, 5.41) is 12.6. The van der Waals surface area contributed by atoms with Crippen molar-refractivity contribution in [3.05, 3.63) is 77.3 Å². The van der Waals surface area contributed by atoms with E-state index in [0.717, 1.165) is 0 Å². The molecule has 2 N–H and O–H groups in total. The van der Waals surface area contributed by atoms with Gasteiger partial charge in [0.15, 0.2) is 5.71 Å². The summed E-state index contributed by atoms with van der Waals surface area (Å²) in [6.45, 7) is -0.128. The maximum Gasteiger partial charge on any atom is 0.352 e. The number of halogens is 1. The fourth-order valence-electron chi connectivity index (χ4n) is 3.66. The Kier molecular flexibility index (Phi) is 5.35. The minimum absolute atomic E-state index is 0.0402. The lowest BCUT2D eigenvalue weighted by Crippen LogP contribution is -2.56. The van der Waals surface area contributed by atoms with E-state index in [4.69, 9.17) is 11.6 Å². The van der Waals surface area contributed by atoms with Crippen LogP contribution in [0.5, 0.6) is 0 Å². The number of hydrogen-bond donors (Lipinski definition) is 2. The first-order valence-electron chi connectivity index (χ1n) is 9.36. The van der Waals surface area contributed by atoms with Crippen molar-refractivity contribution in [2.45, 2.75) is 16.2 Å². The van der Waals surface area contributed by atoms with E-state index in [2.05, 4.69) is 15.3 Å². The van der Waals surface area contributed by atoms with E-state index >= 15 is 0 Å². The predicted octanol–water partition coefficient (Wildman–Crippen LogP) is 2.23. The van der Waals surface area contributed by atoms with Crippen LogP contribution in [-0.2, 0) is 37.8 Å². The van der Waals surface area contributed by atoms with Crippen LogP contribution >= 0.6 is 11.6 Å². The molecule has 2 heterocycles. The molecule has 2 aromatic carbocycles. The fourth-order valence-corrected chi connectivity index (χ4v) is 5.86. The third-order valence-electron chi connectivity index (χ3n) is 5.21. The first-order chi connectivity index (χ1) is 15.2. The van der Waals surface area contributed by atoms with Crippen molar-refractivity contribution in [2.75, 3.05) is 0 Å². The molecule has 164 valence electrons. The van der Waals surface area contributed by atoms with E-state index in [1.165, 1.54) is 48.7 Å². The van der Waals surface area contributed by atoms with E-state index in [1.807, 2.05) is 0 Å². The van der Waals surface area contributed by atoms with E-state index in [-0.39, 0.29) is 27.7 Å². The molecule has 3 aromatic rings. The Hall–Kier alpha value is -3.50. The monoisotopic (exact) mass is 472 g/mol. The number of fused-ring (bicyclic) bond motifs is 1. The van der Waals surface area contributed by atoms with Crippen LogP contribution in [0.3, 0.4) is 0 Å². The minimum Gasteiger partial charge on any atom is -0.477 e. The zero-order valence-corrected chi connectivity index (χ0v) is 18.3. The van der Waals surface area contributed by atoms with Gasteiger partial charge in [0, 0.05) is 30.0 Å². The van der Waals surface area contributed by atoms with Gasteiger partial charge in [-0.05, 0) is 30.3 Å². The Morgan fingerprint density at radius 2 is 1.91 bits per heavy atom. The zero-order chi connectivity index (χ0) is 23.1. The summed E-state index contributed by atoms with van der Waals surface area (Å²) >= 11 is 6.12. The highest BCUT2D eigenvalue weighted by Gasteiger charge is 2.63. The number of sulfone groups is 1. The second-order valence-electron chi connectivity index (χ2n) is 7.06. The lowest BCUT2D eigenvalue weighted by atomic mass is 9.93.